The van der Waals surface area contributed by atoms with Gasteiger partial charge in [0.15, 0.2) is 0 Å². The van der Waals surface area contributed by atoms with Crippen molar-refractivity contribution in [3.8, 4) is 0 Å². The SMILES string of the molecule is Cc1nc2ccc3c4ccc5nc(N)n(C)c5c4ccc3c2n1C. The molecule has 0 radical (unpaired) electrons. The number of aromatic nitrogens is 4. The summed E-state index contributed by atoms with van der Waals surface area (Å²) >= 11 is 0. The van der Waals surface area contributed by atoms with E-state index >= 15 is 0 Å². The first-order valence-corrected chi connectivity index (χ1v) is 7.95. The Morgan fingerprint density at radius 1 is 0.708 bits per heavy atom. The van der Waals surface area contributed by atoms with Crippen molar-refractivity contribution >= 4 is 49.6 Å². The van der Waals surface area contributed by atoms with Gasteiger partial charge in [-0.1, -0.05) is 24.3 Å². The van der Waals surface area contributed by atoms with Gasteiger partial charge in [-0.05, 0) is 29.8 Å². The molecule has 0 saturated carbocycles. The van der Waals surface area contributed by atoms with Gasteiger partial charge in [0.1, 0.15) is 5.82 Å². The molecule has 5 aromatic rings. The number of nitrogens with zero attached hydrogens (tertiary/aromatic N) is 4. The van der Waals surface area contributed by atoms with Gasteiger partial charge >= 0.3 is 0 Å². The van der Waals surface area contributed by atoms with Crippen molar-refractivity contribution < 1.29 is 0 Å². The van der Waals surface area contributed by atoms with Crippen LogP contribution in [0.5, 0.6) is 0 Å². The number of anilines is 1. The molecule has 0 amide bonds. The predicted octanol–water partition coefficient (Wildman–Crippen LogP) is 3.66. The number of nitrogen functional groups attached to an aromatic ring is 1. The van der Waals surface area contributed by atoms with Crippen LogP contribution >= 0.6 is 0 Å². The third kappa shape index (κ3) is 1.49. The summed E-state index contributed by atoms with van der Waals surface area (Å²) in [5, 5.41) is 4.83. The Kier molecular flexibility index (Phi) is 2.37. The zero-order chi connectivity index (χ0) is 16.6. The average molecular weight is 315 g/mol. The molecule has 0 saturated heterocycles. The summed E-state index contributed by atoms with van der Waals surface area (Å²) in [6, 6.07) is 12.8. The van der Waals surface area contributed by atoms with Crippen LogP contribution in [0.4, 0.5) is 5.95 Å². The van der Waals surface area contributed by atoms with E-state index in [1.807, 2.05) is 24.6 Å². The molecule has 24 heavy (non-hydrogen) atoms. The number of fused-ring (bicyclic) bond motifs is 7. The average Bonchev–Trinajstić information content (AvgIpc) is 3.04. The van der Waals surface area contributed by atoms with Crippen molar-refractivity contribution in [2.75, 3.05) is 5.73 Å². The lowest BCUT2D eigenvalue weighted by atomic mass is 10.00. The molecule has 0 aliphatic carbocycles. The molecule has 0 unspecified atom stereocenters. The molecule has 0 bridgehead atoms. The van der Waals surface area contributed by atoms with Crippen molar-refractivity contribution in [2.24, 2.45) is 14.1 Å². The van der Waals surface area contributed by atoms with Crippen LogP contribution in [-0.2, 0) is 14.1 Å². The van der Waals surface area contributed by atoms with Crippen LogP contribution in [0, 0.1) is 6.92 Å². The minimum atomic E-state index is 0.537. The highest BCUT2D eigenvalue weighted by molar-refractivity contribution is 6.20. The number of hydrogen-bond donors (Lipinski definition) is 1. The van der Waals surface area contributed by atoms with Crippen LogP contribution in [0.3, 0.4) is 0 Å². The van der Waals surface area contributed by atoms with E-state index in [9.17, 15) is 0 Å². The van der Waals surface area contributed by atoms with Gasteiger partial charge in [0, 0.05) is 24.9 Å². The number of nitrogens with two attached hydrogens (primary N) is 1. The summed E-state index contributed by atoms with van der Waals surface area (Å²) in [4.78, 5) is 9.08. The molecular weight excluding hydrogens is 298 g/mol. The largest absolute Gasteiger partial charge is 0.369 e. The number of aryl methyl sites for hydroxylation is 3. The number of hydrogen-bond acceptors (Lipinski definition) is 3. The predicted molar refractivity (Wildman–Crippen MR) is 99.1 cm³/mol. The molecule has 5 nitrogen and oxygen atoms in total. The molecule has 0 spiro atoms. The molecule has 5 rings (SSSR count). The summed E-state index contributed by atoms with van der Waals surface area (Å²) in [5.41, 5.74) is 10.2. The van der Waals surface area contributed by atoms with Crippen LogP contribution in [0.2, 0.25) is 0 Å². The lowest BCUT2D eigenvalue weighted by Gasteiger charge is -2.08. The normalized spacial score (nSPS) is 12.1. The van der Waals surface area contributed by atoms with Crippen LogP contribution in [0.1, 0.15) is 5.82 Å². The molecule has 2 aromatic heterocycles. The van der Waals surface area contributed by atoms with E-state index in [2.05, 4.69) is 51.9 Å². The summed E-state index contributed by atoms with van der Waals surface area (Å²) < 4.78 is 4.11. The minimum Gasteiger partial charge on any atom is -0.369 e. The molecule has 2 heterocycles. The van der Waals surface area contributed by atoms with E-state index < -0.39 is 0 Å². The Balaban J connectivity index is 2.04. The van der Waals surface area contributed by atoms with E-state index in [1.54, 1.807) is 0 Å². The second kappa shape index (κ2) is 4.26. The zero-order valence-corrected chi connectivity index (χ0v) is 13.8. The Morgan fingerprint density at radius 3 is 1.83 bits per heavy atom. The molecule has 3 aromatic carbocycles. The molecule has 0 atom stereocenters. The standard InChI is InChI=1S/C19H17N5/c1-10-21-15-8-6-11-12-7-9-16-18(24(3)19(20)22-16)14(12)5-4-13(11)17(15)23(10)2/h4-9H,1-3H3,(H2,20,22). The van der Waals surface area contributed by atoms with Gasteiger partial charge in [-0.15, -0.1) is 0 Å². The maximum atomic E-state index is 5.99. The van der Waals surface area contributed by atoms with Gasteiger partial charge in [0.05, 0.1) is 22.1 Å². The van der Waals surface area contributed by atoms with Crippen LogP contribution in [0.15, 0.2) is 36.4 Å². The van der Waals surface area contributed by atoms with Gasteiger partial charge in [-0.3, -0.25) is 0 Å². The van der Waals surface area contributed by atoms with E-state index in [0.717, 1.165) is 22.4 Å². The van der Waals surface area contributed by atoms with E-state index in [-0.39, 0.29) is 0 Å². The molecule has 118 valence electrons. The first-order valence-electron chi connectivity index (χ1n) is 7.95. The lowest BCUT2D eigenvalue weighted by Crippen LogP contribution is -1.96. The molecule has 2 N–H and O–H groups in total. The van der Waals surface area contributed by atoms with Crippen LogP contribution < -0.4 is 5.73 Å². The van der Waals surface area contributed by atoms with Crippen molar-refractivity contribution in [3.63, 3.8) is 0 Å². The summed E-state index contributed by atoms with van der Waals surface area (Å²) in [6.45, 7) is 2.04. The highest BCUT2D eigenvalue weighted by Gasteiger charge is 2.13. The number of rotatable bonds is 0. The lowest BCUT2D eigenvalue weighted by molar-refractivity contribution is 0.888. The van der Waals surface area contributed by atoms with Gasteiger partial charge in [0.2, 0.25) is 5.95 Å². The van der Waals surface area contributed by atoms with Crippen LogP contribution in [-0.4, -0.2) is 19.1 Å². The van der Waals surface area contributed by atoms with Crippen molar-refractivity contribution in [1.82, 2.24) is 19.1 Å². The van der Waals surface area contributed by atoms with Crippen molar-refractivity contribution in [1.29, 1.82) is 0 Å². The first-order chi connectivity index (χ1) is 11.6. The van der Waals surface area contributed by atoms with Crippen molar-refractivity contribution in [3.05, 3.63) is 42.2 Å². The van der Waals surface area contributed by atoms with Gasteiger partial charge in [-0.2, -0.15) is 0 Å². The summed E-state index contributed by atoms with van der Waals surface area (Å²) in [6.07, 6.45) is 0. The molecular formula is C19H17N5. The molecule has 0 fully saturated rings. The van der Waals surface area contributed by atoms with E-state index in [1.165, 1.54) is 27.1 Å². The maximum absolute atomic E-state index is 5.99. The summed E-state index contributed by atoms with van der Waals surface area (Å²) in [7, 11) is 4.03. The highest BCUT2D eigenvalue weighted by Crippen LogP contribution is 2.34. The quantitative estimate of drug-likeness (QED) is 0.444. The van der Waals surface area contributed by atoms with Gasteiger partial charge in [0.25, 0.3) is 0 Å². The van der Waals surface area contributed by atoms with E-state index in [4.69, 9.17) is 5.73 Å². The van der Waals surface area contributed by atoms with Gasteiger partial charge < -0.3 is 14.9 Å². The minimum absolute atomic E-state index is 0.537. The second-order valence-corrected chi connectivity index (χ2v) is 6.37. The Hall–Kier alpha value is -3.08. The fraction of sp³-hybridized carbons (Fsp3) is 0.158. The smallest absolute Gasteiger partial charge is 0.200 e. The fourth-order valence-corrected chi connectivity index (χ4v) is 3.78. The third-order valence-electron chi connectivity index (χ3n) is 5.12. The monoisotopic (exact) mass is 315 g/mol. The van der Waals surface area contributed by atoms with Crippen LogP contribution in [0.25, 0.3) is 43.6 Å². The Bertz CT molecular complexity index is 1190. The first kappa shape index (κ1) is 13.4. The summed E-state index contributed by atoms with van der Waals surface area (Å²) in [5.74, 6) is 1.56. The van der Waals surface area contributed by atoms with Gasteiger partial charge in [-0.25, -0.2) is 9.97 Å². The number of benzene rings is 3. The fourth-order valence-electron chi connectivity index (χ4n) is 3.78. The Labute approximate surface area is 138 Å². The highest BCUT2D eigenvalue weighted by atomic mass is 15.1. The Morgan fingerprint density at radius 2 is 1.21 bits per heavy atom. The maximum Gasteiger partial charge on any atom is 0.200 e. The van der Waals surface area contributed by atoms with E-state index in [0.29, 0.717) is 5.95 Å². The third-order valence-corrected chi connectivity index (χ3v) is 5.12. The number of imidazole rings is 2. The molecule has 0 aliphatic rings. The zero-order valence-electron chi connectivity index (χ0n) is 13.8. The molecule has 0 aliphatic heterocycles. The van der Waals surface area contributed by atoms with Crippen molar-refractivity contribution in [2.45, 2.75) is 6.92 Å². The topological polar surface area (TPSA) is 61.7 Å². The molecule has 5 heteroatoms. The second-order valence-electron chi connectivity index (χ2n) is 6.37.